The monoisotopic (exact) mass is 372 g/mol. The van der Waals surface area contributed by atoms with Gasteiger partial charge >= 0.3 is 23.9 Å². The van der Waals surface area contributed by atoms with Crippen molar-refractivity contribution < 1.29 is 38.9 Å². The van der Waals surface area contributed by atoms with Gasteiger partial charge in [-0.1, -0.05) is 32.1 Å². The molecule has 0 aromatic rings. The van der Waals surface area contributed by atoms with Gasteiger partial charge < -0.3 is 19.7 Å². The second kappa shape index (κ2) is 11.5. The summed E-state index contributed by atoms with van der Waals surface area (Å²) in [6.07, 6.45) is 5.85. The predicted octanol–water partition coefficient (Wildman–Crippen LogP) is 3.02. The van der Waals surface area contributed by atoms with Crippen LogP contribution in [-0.4, -0.2) is 39.9 Å². The Hall–Kier alpha value is -2.12. The Kier molecular flexibility index (Phi) is 9.69. The van der Waals surface area contributed by atoms with Crippen molar-refractivity contribution in [2.75, 3.05) is 0 Å². The molecule has 0 aromatic heterocycles. The third-order valence-corrected chi connectivity index (χ3v) is 4.30. The van der Waals surface area contributed by atoms with Gasteiger partial charge in [0.2, 0.25) is 0 Å². The fourth-order valence-electron chi connectivity index (χ4n) is 2.96. The molecule has 0 aromatic carbocycles. The number of carboxylic acid groups (broad SMARTS) is 2. The van der Waals surface area contributed by atoms with Crippen molar-refractivity contribution in [2.24, 2.45) is 0 Å². The van der Waals surface area contributed by atoms with E-state index in [1.54, 1.807) is 0 Å². The molecule has 26 heavy (non-hydrogen) atoms. The van der Waals surface area contributed by atoms with E-state index in [0.717, 1.165) is 32.1 Å². The van der Waals surface area contributed by atoms with E-state index in [2.05, 4.69) is 0 Å². The Morgan fingerprint density at radius 3 is 1.31 bits per heavy atom. The first kappa shape index (κ1) is 21.9. The highest BCUT2D eigenvalue weighted by Crippen LogP contribution is 2.31. The fraction of sp³-hybridized carbons (Fsp3) is 0.778. The molecule has 1 rings (SSSR count). The molecule has 0 amide bonds. The summed E-state index contributed by atoms with van der Waals surface area (Å²) in [4.78, 5) is 45.4. The van der Waals surface area contributed by atoms with E-state index in [1.165, 1.54) is 0 Å². The Balaban J connectivity index is 2.81. The lowest BCUT2D eigenvalue weighted by Crippen LogP contribution is -2.40. The third-order valence-electron chi connectivity index (χ3n) is 4.30. The molecule has 0 bridgehead atoms. The maximum Gasteiger partial charge on any atom is 0.309 e. The van der Waals surface area contributed by atoms with Crippen LogP contribution in [0.2, 0.25) is 0 Å². The zero-order valence-corrected chi connectivity index (χ0v) is 15.0. The van der Waals surface area contributed by atoms with Crippen molar-refractivity contribution in [3.63, 3.8) is 0 Å². The lowest BCUT2D eigenvalue weighted by atomic mass is 9.96. The molecule has 0 spiro atoms. The van der Waals surface area contributed by atoms with Crippen molar-refractivity contribution in [1.29, 1.82) is 0 Å². The number of hydrogen-bond donors (Lipinski definition) is 2. The number of hydrogen-bond acceptors (Lipinski definition) is 6. The summed E-state index contributed by atoms with van der Waals surface area (Å²) in [5, 5.41) is 17.4. The van der Waals surface area contributed by atoms with Crippen LogP contribution < -0.4 is 0 Å². The molecule has 148 valence electrons. The molecular weight excluding hydrogens is 344 g/mol. The predicted molar refractivity (Wildman–Crippen MR) is 90.2 cm³/mol. The number of carbonyl (C=O) groups excluding carboxylic acids is 2. The summed E-state index contributed by atoms with van der Waals surface area (Å²) in [7, 11) is 0. The number of rotatable bonds is 8. The van der Waals surface area contributed by atoms with E-state index in [0.29, 0.717) is 25.7 Å². The van der Waals surface area contributed by atoms with Gasteiger partial charge in [0, 0.05) is 12.8 Å². The SMILES string of the molecule is O=C(O)CCC(=O)OC1(OC(=O)CCC(=O)O)CCCCCCCCC1. The van der Waals surface area contributed by atoms with Crippen LogP contribution in [0.1, 0.15) is 83.5 Å². The Bertz CT molecular complexity index is 455. The number of aliphatic carboxylic acids is 2. The molecule has 1 aliphatic rings. The maximum absolute atomic E-state index is 12.0. The zero-order chi connectivity index (χ0) is 19.4. The highest BCUT2D eigenvalue weighted by atomic mass is 16.7. The van der Waals surface area contributed by atoms with E-state index in [4.69, 9.17) is 19.7 Å². The van der Waals surface area contributed by atoms with Crippen LogP contribution in [0.15, 0.2) is 0 Å². The van der Waals surface area contributed by atoms with Gasteiger partial charge in [-0.3, -0.25) is 19.2 Å². The average Bonchev–Trinajstić information content (AvgIpc) is 2.57. The van der Waals surface area contributed by atoms with Crippen molar-refractivity contribution in [1.82, 2.24) is 0 Å². The third kappa shape index (κ3) is 9.39. The number of ether oxygens (including phenoxy) is 2. The van der Waals surface area contributed by atoms with Gasteiger partial charge in [-0.15, -0.1) is 0 Å². The molecule has 2 N–H and O–H groups in total. The molecule has 1 saturated carbocycles. The Morgan fingerprint density at radius 2 is 0.962 bits per heavy atom. The van der Waals surface area contributed by atoms with Crippen LogP contribution in [0.4, 0.5) is 0 Å². The summed E-state index contributed by atoms with van der Waals surface area (Å²) in [5.41, 5.74) is 0. The van der Waals surface area contributed by atoms with Crippen molar-refractivity contribution >= 4 is 23.9 Å². The van der Waals surface area contributed by atoms with Gasteiger partial charge in [0.15, 0.2) is 0 Å². The van der Waals surface area contributed by atoms with Gasteiger partial charge in [-0.25, -0.2) is 0 Å². The summed E-state index contributed by atoms with van der Waals surface area (Å²) < 4.78 is 10.9. The Labute approximate surface area is 152 Å². The van der Waals surface area contributed by atoms with Crippen LogP contribution in [0.5, 0.6) is 0 Å². The van der Waals surface area contributed by atoms with Crippen LogP contribution in [0.3, 0.4) is 0 Å². The molecular formula is C18H28O8. The summed E-state index contributed by atoms with van der Waals surface area (Å²) >= 11 is 0. The summed E-state index contributed by atoms with van der Waals surface area (Å²) in [6.45, 7) is 0. The lowest BCUT2D eigenvalue weighted by Gasteiger charge is -2.33. The first-order valence-corrected chi connectivity index (χ1v) is 9.20. The van der Waals surface area contributed by atoms with Gasteiger partial charge in [0.05, 0.1) is 25.7 Å². The quantitative estimate of drug-likeness (QED) is 0.491. The summed E-state index contributed by atoms with van der Waals surface area (Å²) in [6, 6.07) is 0. The number of carboxylic acids is 2. The summed E-state index contributed by atoms with van der Waals surface area (Å²) in [5.74, 6) is -5.10. The van der Waals surface area contributed by atoms with Gasteiger partial charge in [0.25, 0.3) is 5.79 Å². The molecule has 0 saturated heterocycles. The van der Waals surface area contributed by atoms with E-state index in [-0.39, 0.29) is 25.7 Å². The normalized spacial score (nSPS) is 17.7. The van der Waals surface area contributed by atoms with E-state index < -0.39 is 29.7 Å². The smallest absolute Gasteiger partial charge is 0.309 e. The first-order chi connectivity index (χ1) is 12.3. The van der Waals surface area contributed by atoms with Gasteiger partial charge in [-0.05, 0) is 12.8 Å². The van der Waals surface area contributed by atoms with Crippen molar-refractivity contribution in [3.05, 3.63) is 0 Å². The molecule has 1 aliphatic carbocycles. The van der Waals surface area contributed by atoms with Crippen LogP contribution >= 0.6 is 0 Å². The maximum atomic E-state index is 12.0. The lowest BCUT2D eigenvalue weighted by molar-refractivity contribution is -0.235. The second-order valence-electron chi connectivity index (χ2n) is 6.62. The highest BCUT2D eigenvalue weighted by molar-refractivity contribution is 5.78. The molecule has 0 radical (unpaired) electrons. The van der Waals surface area contributed by atoms with Gasteiger partial charge in [0.1, 0.15) is 0 Å². The van der Waals surface area contributed by atoms with E-state index in [9.17, 15) is 19.2 Å². The zero-order valence-electron chi connectivity index (χ0n) is 15.0. The van der Waals surface area contributed by atoms with E-state index >= 15 is 0 Å². The largest absolute Gasteiger partial charge is 0.481 e. The second-order valence-corrected chi connectivity index (χ2v) is 6.62. The van der Waals surface area contributed by atoms with Crippen LogP contribution in [0, 0.1) is 0 Å². The molecule has 0 atom stereocenters. The minimum Gasteiger partial charge on any atom is -0.481 e. The fourth-order valence-corrected chi connectivity index (χ4v) is 2.96. The molecule has 0 unspecified atom stereocenters. The molecule has 8 nitrogen and oxygen atoms in total. The Morgan fingerprint density at radius 1 is 0.615 bits per heavy atom. The van der Waals surface area contributed by atoms with E-state index in [1.807, 2.05) is 0 Å². The minimum absolute atomic E-state index is 0.302. The minimum atomic E-state index is -1.43. The van der Waals surface area contributed by atoms with Crippen molar-refractivity contribution in [3.8, 4) is 0 Å². The van der Waals surface area contributed by atoms with Gasteiger partial charge in [-0.2, -0.15) is 0 Å². The average molecular weight is 372 g/mol. The molecule has 8 heteroatoms. The highest BCUT2D eigenvalue weighted by Gasteiger charge is 2.38. The number of esters is 2. The number of carbonyl (C=O) groups is 4. The topological polar surface area (TPSA) is 127 Å². The molecule has 1 fully saturated rings. The standard InChI is InChI=1S/C18H28O8/c19-14(20)8-10-16(23)25-18(26-17(24)11-9-15(21)22)12-6-4-2-1-3-5-7-13-18/h1-13H2,(H,19,20)(H,21,22). The molecule has 0 aliphatic heterocycles. The molecule has 0 heterocycles. The van der Waals surface area contributed by atoms with Crippen molar-refractivity contribution in [2.45, 2.75) is 89.3 Å². The first-order valence-electron chi connectivity index (χ1n) is 9.20. The van der Waals surface area contributed by atoms with Crippen LogP contribution in [0.25, 0.3) is 0 Å². The van der Waals surface area contributed by atoms with Crippen LogP contribution in [-0.2, 0) is 28.7 Å².